The molecule has 0 aromatic carbocycles. The third kappa shape index (κ3) is 4.39. The largest absolute Gasteiger partial charge is 0.418 e. The van der Waals surface area contributed by atoms with E-state index in [1.54, 1.807) is 0 Å². The highest BCUT2D eigenvalue weighted by Gasteiger charge is 2.49. The molecule has 0 spiro atoms. The van der Waals surface area contributed by atoms with E-state index in [0.29, 0.717) is 37.6 Å². The number of hydroxylamine groups is 2. The molecule has 0 aliphatic carbocycles. The maximum Gasteiger partial charge on any atom is 0.418 e. The van der Waals surface area contributed by atoms with Gasteiger partial charge in [-0.3, -0.25) is 9.35 Å². The molecule has 3 saturated heterocycles. The molecule has 3 atom stereocenters. The number of amides is 3. The first kappa shape index (κ1) is 18.3. The number of rotatable bonds is 5. The van der Waals surface area contributed by atoms with Crippen molar-refractivity contribution in [3.63, 3.8) is 0 Å². The van der Waals surface area contributed by atoms with Crippen molar-refractivity contribution < 1.29 is 31.6 Å². The second-order valence-corrected chi connectivity index (χ2v) is 7.31. The maximum absolute atomic E-state index is 12.4. The highest BCUT2D eigenvalue weighted by molar-refractivity contribution is 7.80. The van der Waals surface area contributed by atoms with Gasteiger partial charge in [-0.2, -0.15) is 13.5 Å². The van der Waals surface area contributed by atoms with Gasteiger partial charge in [0.1, 0.15) is 6.04 Å². The van der Waals surface area contributed by atoms with Crippen LogP contribution in [0.1, 0.15) is 19.3 Å². The lowest BCUT2D eigenvalue weighted by molar-refractivity contribution is -0.126. The molecule has 11 nitrogen and oxygen atoms in total. The van der Waals surface area contributed by atoms with E-state index < -0.39 is 28.5 Å². The summed E-state index contributed by atoms with van der Waals surface area (Å²) in [7, 11) is -4.79. The van der Waals surface area contributed by atoms with Gasteiger partial charge in [-0.25, -0.2) is 4.79 Å². The standard InChI is InChI=1S/C13H22N4O7S/c18-12(15-7-10-6-14-4-1-5-23-10)11-3-2-9-8-16(11)13(19)17(9)24-25(20,21)22/h9-11,14H,1-8H2,(H,15,18)(H,20,21,22)/t9-,10+,11+/m1/s1. The molecule has 142 valence electrons. The van der Waals surface area contributed by atoms with E-state index in [9.17, 15) is 18.0 Å². The number of urea groups is 1. The summed E-state index contributed by atoms with van der Waals surface area (Å²) in [6.07, 6.45) is 1.58. The number of hydrogen-bond donors (Lipinski definition) is 3. The van der Waals surface area contributed by atoms with Gasteiger partial charge < -0.3 is 20.3 Å². The van der Waals surface area contributed by atoms with Crippen molar-refractivity contribution in [1.29, 1.82) is 0 Å². The summed E-state index contributed by atoms with van der Waals surface area (Å²) < 4.78 is 40.5. The minimum absolute atomic E-state index is 0.128. The van der Waals surface area contributed by atoms with Gasteiger partial charge in [-0.15, -0.1) is 4.28 Å². The predicted octanol–water partition coefficient (Wildman–Crippen LogP) is -1.52. The van der Waals surface area contributed by atoms with Crippen LogP contribution in [0.3, 0.4) is 0 Å². The second kappa shape index (κ2) is 7.41. The predicted molar refractivity (Wildman–Crippen MR) is 83.6 cm³/mol. The molecule has 2 bridgehead atoms. The van der Waals surface area contributed by atoms with Crippen LogP contribution in [0.25, 0.3) is 0 Å². The van der Waals surface area contributed by atoms with Crippen LogP contribution in [0.4, 0.5) is 4.79 Å². The number of carbonyl (C=O) groups is 2. The Kier molecular flexibility index (Phi) is 5.43. The minimum Gasteiger partial charge on any atom is -0.375 e. The van der Waals surface area contributed by atoms with Crippen molar-refractivity contribution in [2.75, 3.05) is 32.8 Å². The van der Waals surface area contributed by atoms with E-state index in [-0.39, 0.29) is 18.6 Å². The van der Waals surface area contributed by atoms with Gasteiger partial charge in [0.25, 0.3) is 0 Å². The Bertz CT molecular complexity index is 620. The first-order valence-electron chi connectivity index (χ1n) is 8.22. The van der Waals surface area contributed by atoms with Gasteiger partial charge in [0.15, 0.2) is 0 Å². The number of carbonyl (C=O) groups excluding carboxylic acids is 2. The molecule has 0 aromatic rings. The number of piperidine rings is 1. The minimum atomic E-state index is -4.79. The zero-order valence-electron chi connectivity index (χ0n) is 13.6. The average molecular weight is 378 g/mol. The molecule has 25 heavy (non-hydrogen) atoms. The molecule has 3 N–H and O–H groups in total. The van der Waals surface area contributed by atoms with Crippen molar-refractivity contribution in [3.05, 3.63) is 0 Å². The van der Waals surface area contributed by atoms with Gasteiger partial charge in [0.05, 0.1) is 12.1 Å². The van der Waals surface area contributed by atoms with Crippen LogP contribution in [-0.2, 0) is 24.2 Å². The fraction of sp³-hybridized carbons (Fsp3) is 0.846. The SMILES string of the molecule is O=C(NC[C@@H]1CNCCCO1)[C@@H]1CC[C@@H]2CN1C(=O)N2OS(=O)(=O)O. The van der Waals surface area contributed by atoms with E-state index in [2.05, 4.69) is 14.9 Å². The zero-order valence-corrected chi connectivity index (χ0v) is 14.4. The van der Waals surface area contributed by atoms with Gasteiger partial charge in [0.2, 0.25) is 5.91 Å². The second-order valence-electron chi connectivity index (χ2n) is 6.31. The zero-order chi connectivity index (χ0) is 18.0. The number of nitrogens with one attached hydrogen (secondary N) is 2. The van der Waals surface area contributed by atoms with E-state index in [1.165, 1.54) is 4.90 Å². The van der Waals surface area contributed by atoms with E-state index in [1.807, 2.05) is 0 Å². The molecule has 3 rings (SSSR count). The van der Waals surface area contributed by atoms with Crippen LogP contribution in [-0.4, -0.2) is 85.8 Å². The number of hydrogen-bond acceptors (Lipinski definition) is 7. The molecule has 3 aliphatic heterocycles. The first-order valence-corrected chi connectivity index (χ1v) is 9.58. The molecular weight excluding hydrogens is 356 g/mol. The van der Waals surface area contributed by atoms with Crippen molar-refractivity contribution in [1.82, 2.24) is 20.6 Å². The van der Waals surface area contributed by atoms with Crippen molar-refractivity contribution in [3.8, 4) is 0 Å². The summed E-state index contributed by atoms with van der Waals surface area (Å²) in [5.41, 5.74) is 0. The quantitative estimate of drug-likeness (QED) is 0.491. The fourth-order valence-electron chi connectivity index (χ4n) is 3.34. The molecule has 3 fully saturated rings. The molecular formula is C13H22N4O7S. The highest BCUT2D eigenvalue weighted by atomic mass is 32.3. The summed E-state index contributed by atoms with van der Waals surface area (Å²) in [6, 6.07) is -1.95. The van der Waals surface area contributed by atoms with Gasteiger partial charge in [-0.1, -0.05) is 0 Å². The number of ether oxygens (including phenoxy) is 1. The van der Waals surface area contributed by atoms with Gasteiger partial charge in [0, 0.05) is 26.2 Å². The summed E-state index contributed by atoms with van der Waals surface area (Å²) in [5, 5.41) is 6.63. The Balaban J connectivity index is 1.56. The lowest BCUT2D eigenvalue weighted by Gasteiger charge is -2.29. The normalized spacial score (nSPS) is 30.3. The summed E-state index contributed by atoms with van der Waals surface area (Å²) in [5.74, 6) is -0.312. The third-order valence-electron chi connectivity index (χ3n) is 4.53. The fourth-order valence-corrected chi connectivity index (χ4v) is 3.73. The maximum atomic E-state index is 12.4. The van der Waals surface area contributed by atoms with Gasteiger partial charge >= 0.3 is 16.4 Å². The van der Waals surface area contributed by atoms with Crippen LogP contribution in [0, 0.1) is 0 Å². The third-order valence-corrected chi connectivity index (χ3v) is 4.88. The molecule has 3 heterocycles. The highest BCUT2D eigenvalue weighted by Crippen LogP contribution is 2.30. The first-order chi connectivity index (χ1) is 11.8. The summed E-state index contributed by atoms with van der Waals surface area (Å²) >= 11 is 0. The Morgan fingerprint density at radius 2 is 2.24 bits per heavy atom. The molecule has 12 heteroatoms. The Morgan fingerprint density at radius 1 is 1.44 bits per heavy atom. The van der Waals surface area contributed by atoms with Crippen molar-refractivity contribution in [2.24, 2.45) is 0 Å². The van der Waals surface area contributed by atoms with E-state index >= 15 is 0 Å². The Hall–Kier alpha value is -1.47. The molecule has 0 saturated carbocycles. The van der Waals surface area contributed by atoms with E-state index in [0.717, 1.165) is 13.0 Å². The van der Waals surface area contributed by atoms with E-state index in [4.69, 9.17) is 9.29 Å². The van der Waals surface area contributed by atoms with Gasteiger partial charge in [-0.05, 0) is 25.8 Å². The summed E-state index contributed by atoms with van der Waals surface area (Å²) in [6.45, 7) is 2.66. The molecule has 0 aromatic heterocycles. The lowest BCUT2D eigenvalue weighted by atomic mass is 10.0. The monoisotopic (exact) mass is 378 g/mol. The van der Waals surface area contributed by atoms with Crippen LogP contribution in [0.2, 0.25) is 0 Å². The number of nitrogens with zero attached hydrogens (tertiary/aromatic N) is 2. The van der Waals surface area contributed by atoms with Crippen molar-refractivity contribution in [2.45, 2.75) is 37.5 Å². The summed E-state index contributed by atoms with van der Waals surface area (Å²) in [4.78, 5) is 26.0. The van der Waals surface area contributed by atoms with Crippen LogP contribution in [0.5, 0.6) is 0 Å². The molecule has 0 unspecified atom stereocenters. The van der Waals surface area contributed by atoms with Crippen LogP contribution in [0.15, 0.2) is 0 Å². The van der Waals surface area contributed by atoms with Crippen LogP contribution >= 0.6 is 0 Å². The lowest BCUT2D eigenvalue weighted by Crippen LogP contribution is -2.51. The molecule has 0 radical (unpaired) electrons. The molecule has 3 aliphatic rings. The van der Waals surface area contributed by atoms with Crippen molar-refractivity contribution >= 4 is 22.3 Å². The smallest absolute Gasteiger partial charge is 0.375 e. The topological polar surface area (TPSA) is 138 Å². The Morgan fingerprint density at radius 3 is 3.00 bits per heavy atom. The Labute approximate surface area is 145 Å². The van der Waals surface area contributed by atoms with Crippen LogP contribution < -0.4 is 10.6 Å². The number of fused-ring (bicyclic) bond motifs is 2. The average Bonchev–Trinajstić information content (AvgIpc) is 2.77. The molecule has 3 amide bonds.